The average molecular weight is 311 g/mol. The summed E-state index contributed by atoms with van der Waals surface area (Å²) in [6.07, 6.45) is 1.61. The van der Waals surface area contributed by atoms with Gasteiger partial charge in [-0.3, -0.25) is 9.59 Å². The molecule has 7 heteroatoms. The van der Waals surface area contributed by atoms with Crippen molar-refractivity contribution >= 4 is 21.7 Å². The van der Waals surface area contributed by atoms with E-state index in [0.717, 1.165) is 0 Å². The Bertz CT molecular complexity index is 668. The number of para-hydroxylation sites is 1. The van der Waals surface area contributed by atoms with E-state index in [2.05, 4.69) is 0 Å². The summed E-state index contributed by atoms with van der Waals surface area (Å²) in [5.41, 5.74) is 0.266. The van der Waals surface area contributed by atoms with Gasteiger partial charge in [-0.1, -0.05) is 12.1 Å². The Morgan fingerprint density at radius 3 is 2.52 bits per heavy atom. The number of likely N-dealkylation sites (tertiary alicyclic amines) is 1. The maximum Gasteiger partial charge on any atom is 0.308 e. The minimum Gasteiger partial charge on any atom is -0.426 e. The largest absolute Gasteiger partial charge is 0.426 e. The van der Waals surface area contributed by atoms with Crippen LogP contribution < -0.4 is 4.74 Å². The fourth-order valence-electron chi connectivity index (χ4n) is 2.32. The molecule has 0 bridgehead atoms. The summed E-state index contributed by atoms with van der Waals surface area (Å²) >= 11 is 0. The number of amides is 1. The average Bonchev–Trinajstić information content (AvgIpc) is 2.87. The van der Waals surface area contributed by atoms with Crippen molar-refractivity contribution in [3.05, 3.63) is 29.8 Å². The molecule has 1 atom stereocenters. The van der Waals surface area contributed by atoms with Gasteiger partial charge in [0.1, 0.15) is 5.75 Å². The molecule has 0 aliphatic carbocycles. The normalized spacial score (nSPS) is 18.6. The fraction of sp³-hybridized carbons (Fsp3) is 0.429. The van der Waals surface area contributed by atoms with Gasteiger partial charge in [-0.25, -0.2) is 8.42 Å². The van der Waals surface area contributed by atoms with E-state index in [0.29, 0.717) is 13.0 Å². The molecule has 1 aliphatic rings. The Labute approximate surface area is 123 Å². The van der Waals surface area contributed by atoms with E-state index in [1.54, 1.807) is 24.3 Å². The third kappa shape index (κ3) is 3.60. The van der Waals surface area contributed by atoms with Crippen LogP contribution in [0.4, 0.5) is 0 Å². The van der Waals surface area contributed by atoms with Crippen LogP contribution in [-0.2, 0) is 14.6 Å². The smallest absolute Gasteiger partial charge is 0.308 e. The lowest BCUT2D eigenvalue weighted by Gasteiger charge is -2.17. The van der Waals surface area contributed by atoms with E-state index >= 15 is 0 Å². The van der Waals surface area contributed by atoms with Gasteiger partial charge < -0.3 is 9.64 Å². The van der Waals surface area contributed by atoms with Crippen molar-refractivity contribution in [1.82, 2.24) is 4.90 Å². The van der Waals surface area contributed by atoms with Crippen LogP contribution in [-0.4, -0.2) is 49.8 Å². The Balaban J connectivity index is 2.20. The summed E-state index contributed by atoms with van der Waals surface area (Å²) in [7, 11) is -3.16. The lowest BCUT2D eigenvalue weighted by molar-refractivity contribution is -0.131. The highest BCUT2D eigenvalue weighted by Gasteiger charge is 2.33. The highest BCUT2D eigenvalue weighted by molar-refractivity contribution is 7.91. The van der Waals surface area contributed by atoms with Gasteiger partial charge in [-0.05, 0) is 18.6 Å². The second-order valence-corrected chi connectivity index (χ2v) is 7.41. The molecule has 0 N–H and O–H groups in total. The fourth-order valence-corrected chi connectivity index (χ4v) is 3.30. The minimum absolute atomic E-state index is 0.173. The summed E-state index contributed by atoms with van der Waals surface area (Å²) in [4.78, 5) is 25.0. The Morgan fingerprint density at radius 2 is 1.95 bits per heavy atom. The molecule has 1 unspecified atom stereocenters. The molecule has 0 spiro atoms. The van der Waals surface area contributed by atoms with Gasteiger partial charge in [0.25, 0.3) is 5.91 Å². The first-order valence-electron chi connectivity index (χ1n) is 6.54. The van der Waals surface area contributed by atoms with Crippen LogP contribution in [0.3, 0.4) is 0 Å². The lowest BCUT2D eigenvalue weighted by atomic mass is 10.2. The van der Waals surface area contributed by atoms with Crippen molar-refractivity contribution < 1.29 is 22.7 Å². The molecule has 6 nitrogen and oxygen atoms in total. The molecule has 1 aromatic rings. The molecule has 21 heavy (non-hydrogen) atoms. The van der Waals surface area contributed by atoms with Gasteiger partial charge in [0.05, 0.1) is 10.8 Å². The first-order chi connectivity index (χ1) is 9.79. The quantitative estimate of drug-likeness (QED) is 0.611. The number of ether oxygens (including phenoxy) is 1. The van der Waals surface area contributed by atoms with E-state index in [4.69, 9.17) is 4.74 Å². The van der Waals surface area contributed by atoms with Gasteiger partial charge in [0.2, 0.25) is 0 Å². The molecule has 1 aliphatic heterocycles. The van der Waals surface area contributed by atoms with E-state index < -0.39 is 21.1 Å². The molecule has 0 saturated carbocycles. The van der Waals surface area contributed by atoms with Crippen LogP contribution in [0.2, 0.25) is 0 Å². The van der Waals surface area contributed by atoms with Gasteiger partial charge in [0, 0.05) is 26.3 Å². The molecule has 1 aromatic carbocycles. The van der Waals surface area contributed by atoms with Crippen molar-refractivity contribution in [2.45, 2.75) is 18.6 Å². The first-order valence-corrected chi connectivity index (χ1v) is 8.50. The molecule has 0 aromatic heterocycles. The number of benzene rings is 1. The van der Waals surface area contributed by atoms with E-state index in [-0.39, 0.29) is 23.8 Å². The zero-order valence-corrected chi connectivity index (χ0v) is 12.7. The van der Waals surface area contributed by atoms with Gasteiger partial charge in [0.15, 0.2) is 9.84 Å². The molecule has 114 valence electrons. The number of carbonyl (C=O) groups is 2. The number of sulfone groups is 1. The summed E-state index contributed by atoms with van der Waals surface area (Å²) in [6, 6.07) is 6.44. The van der Waals surface area contributed by atoms with Gasteiger partial charge >= 0.3 is 5.97 Å². The molecule has 1 fully saturated rings. The Hall–Kier alpha value is -1.89. The van der Waals surface area contributed by atoms with E-state index in [1.807, 2.05) is 0 Å². The van der Waals surface area contributed by atoms with Crippen molar-refractivity contribution in [2.75, 3.05) is 19.3 Å². The Morgan fingerprint density at radius 1 is 1.29 bits per heavy atom. The number of esters is 1. The maximum atomic E-state index is 12.5. The standard InChI is InChI=1S/C14H17NO5S/c1-10(16)20-13-6-4-3-5-12(13)14(17)15-8-7-11(9-15)21(2,18)19/h3-6,11H,7-9H2,1-2H3. The SMILES string of the molecule is CC(=O)Oc1ccccc1C(=O)N1CCC(S(C)(=O)=O)C1. The van der Waals surface area contributed by atoms with Crippen molar-refractivity contribution in [3.63, 3.8) is 0 Å². The minimum atomic E-state index is -3.16. The van der Waals surface area contributed by atoms with Crippen LogP contribution in [0.1, 0.15) is 23.7 Å². The van der Waals surface area contributed by atoms with E-state index in [1.165, 1.54) is 18.1 Å². The van der Waals surface area contributed by atoms with Crippen molar-refractivity contribution in [1.29, 1.82) is 0 Å². The van der Waals surface area contributed by atoms with Gasteiger partial charge in [-0.15, -0.1) is 0 Å². The molecule has 0 radical (unpaired) electrons. The van der Waals surface area contributed by atoms with Gasteiger partial charge in [-0.2, -0.15) is 0 Å². The van der Waals surface area contributed by atoms with Crippen LogP contribution in [0, 0.1) is 0 Å². The number of hydrogen-bond donors (Lipinski definition) is 0. The predicted molar refractivity (Wildman–Crippen MR) is 76.9 cm³/mol. The van der Waals surface area contributed by atoms with Crippen LogP contribution in [0.15, 0.2) is 24.3 Å². The number of carbonyl (C=O) groups excluding carboxylic acids is 2. The van der Waals surface area contributed by atoms with Crippen LogP contribution in [0.5, 0.6) is 5.75 Å². The first kappa shape index (κ1) is 15.5. The van der Waals surface area contributed by atoms with Crippen LogP contribution >= 0.6 is 0 Å². The highest BCUT2D eigenvalue weighted by atomic mass is 32.2. The predicted octanol–water partition coefficient (Wildman–Crippen LogP) is 0.871. The third-order valence-electron chi connectivity index (χ3n) is 3.41. The number of hydrogen-bond acceptors (Lipinski definition) is 5. The molecular weight excluding hydrogens is 294 g/mol. The zero-order chi connectivity index (χ0) is 15.6. The monoisotopic (exact) mass is 311 g/mol. The highest BCUT2D eigenvalue weighted by Crippen LogP contribution is 2.24. The molecule has 1 amide bonds. The number of nitrogens with zero attached hydrogens (tertiary/aromatic N) is 1. The second-order valence-electron chi connectivity index (χ2n) is 5.08. The summed E-state index contributed by atoms with van der Waals surface area (Å²) in [5.74, 6) is -0.638. The molecule has 1 saturated heterocycles. The van der Waals surface area contributed by atoms with E-state index in [9.17, 15) is 18.0 Å². The second kappa shape index (κ2) is 5.85. The maximum absolute atomic E-state index is 12.5. The third-order valence-corrected chi connectivity index (χ3v) is 5.00. The van der Waals surface area contributed by atoms with Crippen molar-refractivity contribution in [2.24, 2.45) is 0 Å². The topological polar surface area (TPSA) is 80.8 Å². The zero-order valence-electron chi connectivity index (χ0n) is 11.9. The molecule has 2 rings (SSSR count). The molecule has 1 heterocycles. The summed E-state index contributed by atoms with van der Waals surface area (Å²) < 4.78 is 28.1. The van der Waals surface area contributed by atoms with Crippen LogP contribution in [0.25, 0.3) is 0 Å². The molecular formula is C14H17NO5S. The lowest BCUT2D eigenvalue weighted by Crippen LogP contribution is -2.32. The Kier molecular flexibility index (Phi) is 4.32. The van der Waals surface area contributed by atoms with Crippen molar-refractivity contribution in [3.8, 4) is 5.75 Å². The summed E-state index contributed by atoms with van der Waals surface area (Å²) in [5, 5.41) is -0.526. The summed E-state index contributed by atoms with van der Waals surface area (Å²) in [6.45, 7) is 1.81. The number of rotatable bonds is 3.